The second-order valence-electron chi connectivity index (χ2n) is 3.46. The molecular formula is C10H10IN3O2S. The third kappa shape index (κ3) is 2.78. The highest BCUT2D eigenvalue weighted by Gasteiger charge is 2.17. The summed E-state index contributed by atoms with van der Waals surface area (Å²) >= 11 is 2.07. The Morgan fingerprint density at radius 3 is 2.65 bits per heavy atom. The molecule has 0 amide bonds. The molecule has 0 aliphatic rings. The fraction of sp³-hybridized carbons (Fsp3) is 0.100. The van der Waals surface area contributed by atoms with Crippen LogP contribution in [-0.2, 0) is 17.1 Å². The molecule has 0 aliphatic carbocycles. The minimum atomic E-state index is -3.60. The Morgan fingerprint density at radius 2 is 2.06 bits per heavy atom. The summed E-state index contributed by atoms with van der Waals surface area (Å²) in [6.45, 7) is 0. The van der Waals surface area contributed by atoms with Crippen LogP contribution in [0.3, 0.4) is 0 Å². The number of hydrogen-bond acceptors (Lipinski definition) is 3. The number of para-hydroxylation sites is 1. The van der Waals surface area contributed by atoms with Gasteiger partial charge in [-0.25, -0.2) is 4.98 Å². The number of nitrogens with zero attached hydrogens (tertiary/aromatic N) is 2. The quantitative estimate of drug-likeness (QED) is 0.847. The van der Waals surface area contributed by atoms with Gasteiger partial charge in [0.2, 0.25) is 0 Å². The van der Waals surface area contributed by atoms with E-state index >= 15 is 0 Å². The number of benzene rings is 1. The molecule has 0 atom stereocenters. The van der Waals surface area contributed by atoms with Crippen LogP contribution in [0.15, 0.2) is 41.8 Å². The van der Waals surface area contributed by atoms with Gasteiger partial charge >= 0.3 is 0 Å². The van der Waals surface area contributed by atoms with E-state index in [0.717, 1.165) is 3.57 Å². The predicted molar refractivity (Wildman–Crippen MR) is 73.2 cm³/mol. The molecule has 0 spiro atoms. The maximum absolute atomic E-state index is 12.0. The summed E-state index contributed by atoms with van der Waals surface area (Å²) in [5.41, 5.74) is 0.554. The molecule has 1 N–H and O–H groups in total. The van der Waals surface area contributed by atoms with Crippen LogP contribution in [0.5, 0.6) is 0 Å². The number of rotatable bonds is 3. The summed E-state index contributed by atoms with van der Waals surface area (Å²) in [6.07, 6.45) is 2.91. The van der Waals surface area contributed by atoms with Gasteiger partial charge in [0.25, 0.3) is 10.0 Å². The molecule has 0 unspecified atom stereocenters. The number of sulfonamides is 1. The van der Waals surface area contributed by atoms with E-state index in [2.05, 4.69) is 32.3 Å². The second-order valence-corrected chi connectivity index (χ2v) is 6.25. The zero-order valence-electron chi connectivity index (χ0n) is 8.96. The van der Waals surface area contributed by atoms with Gasteiger partial charge in [0.1, 0.15) is 0 Å². The van der Waals surface area contributed by atoms with Crippen LogP contribution in [-0.4, -0.2) is 18.0 Å². The van der Waals surface area contributed by atoms with Gasteiger partial charge in [-0.2, -0.15) is 8.42 Å². The summed E-state index contributed by atoms with van der Waals surface area (Å²) < 4.78 is 28.9. The molecule has 17 heavy (non-hydrogen) atoms. The highest BCUT2D eigenvalue weighted by atomic mass is 127. The molecule has 0 saturated heterocycles. The number of aryl methyl sites for hydroxylation is 1. The van der Waals surface area contributed by atoms with Gasteiger partial charge in [0.15, 0.2) is 5.03 Å². The summed E-state index contributed by atoms with van der Waals surface area (Å²) in [4.78, 5) is 3.82. The largest absolute Gasteiger partial charge is 0.339 e. The van der Waals surface area contributed by atoms with Crippen molar-refractivity contribution in [2.75, 3.05) is 4.72 Å². The molecule has 2 aromatic rings. The Balaban J connectivity index is 2.33. The first-order valence-corrected chi connectivity index (χ1v) is 7.30. The zero-order chi connectivity index (χ0) is 12.5. The molecule has 5 nitrogen and oxygen atoms in total. The molecule has 90 valence electrons. The van der Waals surface area contributed by atoms with Gasteiger partial charge in [0, 0.05) is 16.8 Å². The number of imidazole rings is 1. The van der Waals surface area contributed by atoms with Crippen LogP contribution < -0.4 is 4.72 Å². The number of hydrogen-bond donors (Lipinski definition) is 1. The maximum atomic E-state index is 12.0. The molecule has 1 aromatic carbocycles. The topological polar surface area (TPSA) is 64.0 Å². The molecule has 2 rings (SSSR count). The van der Waals surface area contributed by atoms with E-state index in [1.54, 1.807) is 23.7 Å². The molecule has 1 aromatic heterocycles. The zero-order valence-corrected chi connectivity index (χ0v) is 11.9. The van der Waals surface area contributed by atoms with Crippen molar-refractivity contribution < 1.29 is 8.42 Å². The summed E-state index contributed by atoms with van der Waals surface area (Å²) in [5, 5.41) is 0.0136. The Hall–Kier alpha value is -1.09. The Bertz CT molecular complexity index is 637. The first-order chi connectivity index (χ1) is 7.99. The van der Waals surface area contributed by atoms with Crippen LogP contribution in [0.1, 0.15) is 0 Å². The van der Waals surface area contributed by atoms with Gasteiger partial charge in [0.05, 0.1) is 12.0 Å². The van der Waals surface area contributed by atoms with Crippen molar-refractivity contribution >= 4 is 38.3 Å². The number of nitrogens with one attached hydrogen (secondary N) is 1. The number of aromatic nitrogens is 2. The summed E-state index contributed by atoms with van der Waals surface area (Å²) in [6, 6.07) is 7.16. The molecule has 0 saturated carbocycles. The van der Waals surface area contributed by atoms with Crippen LogP contribution in [0, 0.1) is 3.57 Å². The minimum Gasteiger partial charge on any atom is -0.339 e. The lowest BCUT2D eigenvalue weighted by Gasteiger charge is -2.07. The van der Waals surface area contributed by atoms with E-state index in [9.17, 15) is 8.42 Å². The average Bonchev–Trinajstić information content (AvgIpc) is 2.69. The second kappa shape index (κ2) is 4.65. The molecular weight excluding hydrogens is 353 g/mol. The Morgan fingerprint density at radius 1 is 1.35 bits per heavy atom. The molecule has 0 radical (unpaired) electrons. The van der Waals surface area contributed by atoms with E-state index < -0.39 is 10.0 Å². The van der Waals surface area contributed by atoms with Gasteiger partial charge in [-0.15, -0.1) is 0 Å². The van der Waals surface area contributed by atoms with Gasteiger partial charge in [-0.3, -0.25) is 4.72 Å². The van der Waals surface area contributed by atoms with Crippen molar-refractivity contribution in [3.63, 3.8) is 0 Å². The lowest BCUT2D eigenvalue weighted by Crippen LogP contribution is -2.14. The molecule has 0 aliphatic heterocycles. The Kier molecular flexibility index (Phi) is 3.38. The van der Waals surface area contributed by atoms with Crippen molar-refractivity contribution in [3.05, 3.63) is 40.4 Å². The van der Waals surface area contributed by atoms with Gasteiger partial charge in [-0.1, -0.05) is 12.1 Å². The Labute approximate surface area is 113 Å². The third-order valence-corrected chi connectivity index (χ3v) is 4.27. The molecule has 0 fully saturated rings. The number of halogens is 1. The fourth-order valence-electron chi connectivity index (χ4n) is 1.27. The summed E-state index contributed by atoms with van der Waals surface area (Å²) in [5.74, 6) is 0. The number of anilines is 1. The predicted octanol–water partition coefficient (Wildman–Crippen LogP) is 1.83. The van der Waals surface area contributed by atoms with E-state index in [1.165, 1.54) is 12.5 Å². The SMILES string of the molecule is Cn1cnc(S(=O)(=O)Nc2ccccc2I)c1. The minimum absolute atomic E-state index is 0.0136. The first kappa shape index (κ1) is 12.4. The van der Waals surface area contributed by atoms with E-state index in [0.29, 0.717) is 5.69 Å². The molecule has 0 bridgehead atoms. The van der Waals surface area contributed by atoms with Crippen molar-refractivity contribution in [1.29, 1.82) is 0 Å². The standard InChI is InChI=1S/C10H10IN3O2S/c1-14-6-10(12-7-14)17(15,16)13-9-5-3-2-4-8(9)11/h2-7,13H,1H3. The monoisotopic (exact) mass is 363 g/mol. The van der Waals surface area contributed by atoms with E-state index in [1.807, 2.05) is 12.1 Å². The third-order valence-electron chi connectivity index (χ3n) is 2.07. The fourth-order valence-corrected chi connectivity index (χ4v) is 3.04. The summed E-state index contributed by atoms with van der Waals surface area (Å²) in [7, 11) is -1.88. The van der Waals surface area contributed by atoms with E-state index in [4.69, 9.17) is 0 Å². The van der Waals surface area contributed by atoms with Crippen molar-refractivity contribution in [1.82, 2.24) is 9.55 Å². The average molecular weight is 363 g/mol. The maximum Gasteiger partial charge on any atom is 0.280 e. The van der Waals surface area contributed by atoms with Gasteiger partial charge < -0.3 is 4.57 Å². The van der Waals surface area contributed by atoms with Crippen molar-refractivity contribution in [2.24, 2.45) is 7.05 Å². The highest BCUT2D eigenvalue weighted by molar-refractivity contribution is 14.1. The van der Waals surface area contributed by atoms with Crippen LogP contribution in [0.25, 0.3) is 0 Å². The smallest absolute Gasteiger partial charge is 0.280 e. The van der Waals surface area contributed by atoms with Crippen LogP contribution in [0.2, 0.25) is 0 Å². The first-order valence-electron chi connectivity index (χ1n) is 4.74. The molecule has 1 heterocycles. The van der Waals surface area contributed by atoms with Crippen molar-refractivity contribution in [2.45, 2.75) is 5.03 Å². The van der Waals surface area contributed by atoms with Crippen LogP contribution >= 0.6 is 22.6 Å². The molecule has 7 heteroatoms. The normalized spacial score (nSPS) is 11.4. The van der Waals surface area contributed by atoms with Gasteiger partial charge in [-0.05, 0) is 34.7 Å². The lowest BCUT2D eigenvalue weighted by molar-refractivity contribution is 0.598. The van der Waals surface area contributed by atoms with Crippen molar-refractivity contribution in [3.8, 4) is 0 Å². The van der Waals surface area contributed by atoms with E-state index in [-0.39, 0.29) is 5.03 Å². The van der Waals surface area contributed by atoms with Crippen LogP contribution in [0.4, 0.5) is 5.69 Å². The highest BCUT2D eigenvalue weighted by Crippen LogP contribution is 2.20. The lowest BCUT2D eigenvalue weighted by atomic mass is 10.3.